The van der Waals surface area contributed by atoms with E-state index in [2.05, 4.69) is 24.0 Å². The first kappa shape index (κ1) is 24.1. The van der Waals surface area contributed by atoms with Crippen LogP contribution in [-0.2, 0) is 17.7 Å². The first-order valence-corrected chi connectivity index (χ1v) is 14.6. The Bertz CT molecular complexity index is 1200. The van der Waals surface area contributed by atoms with Gasteiger partial charge in [-0.1, -0.05) is 13.0 Å². The van der Waals surface area contributed by atoms with Gasteiger partial charge in [0.2, 0.25) is 0 Å². The molecule has 1 saturated carbocycles. The number of thiophene rings is 2. The summed E-state index contributed by atoms with van der Waals surface area (Å²) in [6.07, 6.45) is 1.10. The van der Waals surface area contributed by atoms with Gasteiger partial charge in [-0.15, -0.1) is 22.7 Å². The molecule has 2 aliphatic heterocycles. The third-order valence-electron chi connectivity index (χ3n) is 7.86. The number of anilines is 2. The molecule has 2 unspecified atom stereocenters. The van der Waals surface area contributed by atoms with Gasteiger partial charge >= 0.3 is 0 Å². The van der Waals surface area contributed by atoms with Crippen molar-refractivity contribution in [2.75, 3.05) is 55.7 Å². The predicted molar refractivity (Wildman–Crippen MR) is 145 cm³/mol. The van der Waals surface area contributed by atoms with Gasteiger partial charge in [0, 0.05) is 54.7 Å². The maximum absolute atomic E-state index is 15.2. The van der Waals surface area contributed by atoms with E-state index in [-0.39, 0.29) is 11.7 Å². The summed E-state index contributed by atoms with van der Waals surface area (Å²) in [5.74, 6) is 1.40. The van der Waals surface area contributed by atoms with Gasteiger partial charge in [-0.05, 0) is 66.0 Å². The number of nitrogens with zero attached hydrogens (tertiary/aromatic N) is 3. The van der Waals surface area contributed by atoms with Crippen molar-refractivity contribution in [1.29, 1.82) is 0 Å². The van der Waals surface area contributed by atoms with Crippen LogP contribution in [0, 0.1) is 23.6 Å². The summed E-state index contributed by atoms with van der Waals surface area (Å²) in [7, 11) is 0. The number of piperidine rings is 1. The number of hydrogen-bond donors (Lipinski definition) is 0. The number of hydrogen-bond acceptors (Lipinski definition) is 6. The van der Waals surface area contributed by atoms with E-state index in [0.29, 0.717) is 66.9 Å². The van der Waals surface area contributed by atoms with Crippen LogP contribution in [0.2, 0.25) is 0 Å². The van der Waals surface area contributed by atoms with Gasteiger partial charge in [-0.25, -0.2) is 4.39 Å². The van der Waals surface area contributed by atoms with Crippen molar-refractivity contribution >= 4 is 40.0 Å². The smallest absolute Gasteiger partial charge is 0.268 e. The summed E-state index contributed by atoms with van der Waals surface area (Å²) in [6.45, 7) is 8.63. The Hall–Kier alpha value is -2.26. The Morgan fingerprint density at radius 2 is 1.89 bits per heavy atom. The second-order valence-electron chi connectivity index (χ2n) is 10.0. The van der Waals surface area contributed by atoms with Crippen LogP contribution < -0.4 is 9.80 Å². The quantitative estimate of drug-likeness (QED) is 0.396. The highest BCUT2D eigenvalue weighted by atomic mass is 32.1. The molecule has 0 radical (unpaired) electrons. The molecule has 1 aliphatic carbocycles. The van der Waals surface area contributed by atoms with Crippen molar-refractivity contribution in [3.05, 3.63) is 68.3 Å². The highest BCUT2D eigenvalue weighted by Gasteiger charge is 2.56. The zero-order valence-corrected chi connectivity index (χ0v) is 22.2. The highest BCUT2D eigenvalue weighted by molar-refractivity contribution is 7.12. The number of halogens is 1. The minimum atomic E-state index is -0.275. The average Bonchev–Trinajstić information content (AvgIpc) is 3.43. The fourth-order valence-corrected chi connectivity index (χ4v) is 7.50. The summed E-state index contributed by atoms with van der Waals surface area (Å²) < 4.78 is 20.7. The standard InChI is InChI=1S/C28H32FN3O2S2/c1-2-20-6-7-21(36-20)15-30-16-22-23(17-30)24(22)18-32(28(33)27-4-3-13-35-27)19-5-8-26(25(29)14-19)31-9-11-34-12-10-31/h3-8,13-14,22-24H,2,9-12,15-18H2,1H3. The average molecular weight is 526 g/mol. The Morgan fingerprint density at radius 1 is 1.11 bits per heavy atom. The first-order valence-electron chi connectivity index (χ1n) is 12.9. The van der Waals surface area contributed by atoms with E-state index in [1.165, 1.54) is 21.1 Å². The Morgan fingerprint density at radius 3 is 2.56 bits per heavy atom. The number of fused-ring (bicyclic) bond motifs is 1. The van der Waals surface area contributed by atoms with Crippen molar-refractivity contribution in [2.45, 2.75) is 19.9 Å². The van der Waals surface area contributed by atoms with Gasteiger partial charge in [0.15, 0.2) is 0 Å². The van der Waals surface area contributed by atoms with Gasteiger partial charge < -0.3 is 14.5 Å². The van der Waals surface area contributed by atoms with Crippen molar-refractivity contribution in [3.8, 4) is 0 Å². The lowest BCUT2D eigenvalue weighted by atomic mass is 10.1. The summed E-state index contributed by atoms with van der Waals surface area (Å²) in [6, 6.07) is 13.6. The van der Waals surface area contributed by atoms with Gasteiger partial charge in [0.1, 0.15) is 5.82 Å². The number of carbonyl (C=O) groups is 1. The van der Waals surface area contributed by atoms with Gasteiger partial charge in [-0.2, -0.15) is 0 Å². The molecule has 8 heteroatoms. The molecule has 36 heavy (non-hydrogen) atoms. The van der Waals surface area contributed by atoms with Crippen molar-refractivity contribution in [2.24, 2.45) is 17.8 Å². The van der Waals surface area contributed by atoms with Crippen LogP contribution in [0.25, 0.3) is 0 Å². The highest BCUT2D eigenvalue weighted by Crippen LogP contribution is 2.52. The minimum absolute atomic E-state index is 0.0315. The molecule has 0 spiro atoms. The number of amides is 1. The van der Waals surface area contributed by atoms with E-state index in [1.807, 2.05) is 50.8 Å². The van der Waals surface area contributed by atoms with E-state index in [1.54, 1.807) is 6.07 Å². The Balaban J connectivity index is 1.15. The molecule has 6 rings (SSSR count). The summed E-state index contributed by atoms with van der Waals surface area (Å²) in [5, 5.41) is 1.92. The molecule has 1 amide bonds. The van der Waals surface area contributed by atoms with Crippen molar-refractivity contribution in [1.82, 2.24) is 4.90 Å². The second-order valence-corrected chi connectivity index (χ2v) is 12.2. The Kier molecular flexibility index (Phi) is 6.86. The van der Waals surface area contributed by atoms with E-state index >= 15 is 4.39 Å². The van der Waals surface area contributed by atoms with Crippen molar-refractivity contribution in [3.63, 3.8) is 0 Å². The van der Waals surface area contributed by atoms with Crippen LogP contribution in [0.3, 0.4) is 0 Å². The van der Waals surface area contributed by atoms with Gasteiger partial charge in [0.05, 0.1) is 23.8 Å². The second kappa shape index (κ2) is 10.2. The third-order valence-corrected chi connectivity index (χ3v) is 9.93. The molecule has 0 N–H and O–H groups in total. The number of ether oxygens (including phenoxy) is 1. The number of likely N-dealkylation sites (tertiary alicyclic amines) is 1. The third kappa shape index (κ3) is 4.84. The zero-order chi connectivity index (χ0) is 24.6. The molecule has 0 bridgehead atoms. The zero-order valence-electron chi connectivity index (χ0n) is 20.6. The van der Waals surface area contributed by atoms with E-state index in [9.17, 15) is 4.79 Å². The molecular formula is C28H32FN3O2S2. The van der Waals surface area contributed by atoms with Crippen LogP contribution in [0.1, 0.15) is 26.3 Å². The normalized spacial score (nSPS) is 23.6. The minimum Gasteiger partial charge on any atom is -0.378 e. The first-order chi connectivity index (χ1) is 17.6. The maximum Gasteiger partial charge on any atom is 0.268 e. The number of aryl methyl sites for hydroxylation is 1. The topological polar surface area (TPSA) is 36.0 Å². The lowest BCUT2D eigenvalue weighted by Gasteiger charge is -2.30. The molecular weight excluding hydrogens is 493 g/mol. The van der Waals surface area contributed by atoms with Crippen LogP contribution in [0.15, 0.2) is 47.8 Å². The molecule has 2 saturated heterocycles. The van der Waals surface area contributed by atoms with Gasteiger partial charge in [0.25, 0.3) is 5.91 Å². The lowest BCUT2D eigenvalue weighted by Crippen LogP contribution is -2.37. The SMILES string of the molecule is CCc1ccc(CN2CC3C(C2)C3CN(C(=O)c2cccs2)c2ccc(N3CCOCC3)c(F)c2)s1. The summed E-state index contributed by atoms with van der Waals surface area (Å²) in [5.41, 5.74) is 1.24. The molecule has 2 aromatic heterocycles. The summed E-state index contributed by atoms with van der Waals surface area (Å²) in [4.78, 5) is 23.5. The molecule has 4 heterocycles. The molecule has 3 aromatic rings. The maximum atomic E-state index is 15.2. The Labute approximate surface area is 220 Å². The number of benzene rings is 1. The molecule has 5 nitrogen and oxygen atoms in total. The molecule has 3 fully saturated rings. The van der Waals surface area contributed by atoms with E-state index in [4.69, 9.17) is 4.74 Å². The van der Waals surface area contributed by atoms with Crippen LogP contribution in [0.5, 0.6) is 0 Å². The predicted octanol–water partition coefficient (Wildman–Crippen LogP) is 5.37. The molecule has 2 atom stereocenters. The molecule has 1 aromatic carbocycles. The largest absolute Gasteiger partial charge is 0.378 e. The van der Waals surface area contributed by atoms with E-state index < -0.39 is 0 Å². The van der Waals surface area contributed by atoms with E-state index in [0.717, 1.165) is 26.1 Å². The van der Waals surface area contributed by atoms with Crippen molar-refractivity contribution < 1.29 is 13.9 Å². The monoisotopic (exact) mass is 525 g/mol. The molecule has 190 valence electrons. The number of rotatable bonds is 8. The van der Waals surface area contributed by atoms with Crippen LogP contribution in [0.4, 0.5) is 15.8 Å². The molecule has 3 aliphatic rings. The number of morpholine rings is 1. The van der Waals surface area contributed by atoms with Crippen LogP contribution in [-0.4, -0.2) is 56.7 Å². The fourth-order valence-electron chi connectivity index (χ4n) is 5.83. The lowest BCUT2D eigenvalue weighted by molar-refractivity contribution is 0.0988. The fraction of sp³-hybridized carbons (Fsp3) is 0.464. The number of carbonyl (C=O) groups excluding carboxylic acids is 1. The van der Waals surface area contributed by atoms with Gasteiger partial charge in [-0.3, -0.25) is 9.69 Å². The van der Waals surface area contributed by atoms with Crippen LogP contribution >= 0.6 is 22.7 Å². The summed E-state index contributed by atoms with van der Waals surface area (Å²) >= 11 is 3.36.